The Bertz CT molecular complexity index is 189. The number of hydrogen-bond acceptors (Lipinski definition) is 2. The number of aliphatic hydroxyl groups is 1. The van der Waals surface area contributed by atoms with E-state index in [1.54, 1.807) is 0 Å². The fourth-order valence-electron chi connectivity index (χ4n) is 2.66. The van der Waals surface area contributed by atoms with Crippen LogP contribution in [-0.2, 0) is 0 Å². The van der Waals surface area contributed by atoms with Crippen molar-refractivity contribution >= 4 is 0 Å². The smallest absolute Gasteiger partial charge is 0.0581 e. The van der Waals surface area contributed by atoms with Crippen LogP contribution in [0.4, 0.5) is 0 Å². The van der Waals surface area contributed by atoms with Crippen LogP contribution in [0, 0.1) is 17.3 Å². The maximum Gasteiger partial charge on any atom is 0.0581 e. The molecule has 16 heavy (non-hydrogen) atoms. The Morgan fingerprint density at radius 2 is 1.75 bits per heavy atom. The zero-order chi connectivity index (χ0) is 12.2. The predicted molar refractivity (Wildman–Crippen MR) is 69.5 cm³/mol. The lowest BCUT2D eigenvalue weighted by atomic mass is 9.70. The van der Waals surface area contributed by atoms with Gasteiger partial charge in [-0.1, -0.05) is 20.8 Å². The van der Waals surface area contributed by atoms with Crippen molar-refractivity contribution in [3.05, 3.63) is 0 Å². The normalized spacial score (nSPS) is 29.1. The summed E-state index contributed by atoms with van der Waals surface area (Å²) in [6.45, 7) is 10.5. The SMILES string of the molecule is C[C@@H](CO)NCC1CCC(C(C)(C)C)CC1. The molecule has 0 unspecified atom stereocenters. The van der Waals surface area contributed by atoms with Crippen LogP contribution in [0.25, 0.3) is 0 Å². The second-order valence-electron chi connectivity index (χ2n) is 6.58. The Hall–Kier alpha value is -0.0800. The second-order valence-corrected chi connectivity index (χ2v) is 6.58. The van der Waals surface area contributed by atoms with Crippen molar-refractivity contribution in [2.45, 2.75) is 59.4 Å². The first-order chi connectivity index (χ1) is 7.43. The fourth-order valence-corrected chi connectivity index (χ4v) is 2.66. The van der Waals surface area contributed by atoms with Gasteiger partial charge >= 0.3 is 0 Å². The molecule has 0 saturated heterocycles. The van der Waals surface area contributed by atoms with Gasteiger partial charge in [-0.05, 0) is 56.4 Å². The van der Waals surface area contributed by atoms with Gasteiger partial charge in [0.2, 0.25) is 0 Å². The third kappa shape index (κ3) is 4.42. The van der Waals surface area contributed by atoms with Crippen LogP contribution in [0.3, 0.4) is 0 Å². The Balaban J connectivity index is 2.22. The Morgan fingerprint density at radius 1 is 1.19 bits per heavy atom. The van der Waals surface area contributed by atoms with Gasteiger partial charge in [-0.15, -0.1) is 0 Å². The van der Waals surface area contributed by atoms with Gasteiger partial charge in [0.05, 0.1) is 6.61 Å². The summed E-state index contributed by atoms with van der Waals surface area (Å²) in [5.41, 5.74) is 0.483. The third-order valence-corrected chi connectivity index (χ3v) is 4.10. The van der Waals surface area contributed by atoms with E-state index in [1.165, 1.54) is 25.7 Å². The summed E-state index contributed by atoms with van der Waals surface area (Å²) in [5.74, 6) is 1.73. The molecule has 1 aliphatic carbocycles. The van der Waals surface area contributed by atoms with Gasteiger partial charge in [0.1, 0.15) is 0 Å². The molecular weight excluding hydrogens is 198 g/mol. The molecule has 0 aromatic carbocycles. The summed E-state index contributed by atoms with van der Waals surface area (Å²) >= 11 is 0. The minimum Gasteiger partial charge on any atom is -0.395 e. The zero-order valence-electron chi connectivity index (χ0n) is 11.4. The van der Waals surface area contributed by atoms with E-state index >= 15 is 0 Å². The van der Waals surface area contributed by atoms with Crippen LogP contribution in [0.1, 0.15) is 53.4 Å². The van der Waals surface area contributed by atoms with E-state index in [9.17, 15) is 0 Å². The summed E-state index contributed by atoms with van der Waals surface area (Å²) in [6, 6.07) is 0.250. The van der Waals surface area contributed by atoms with Crippen molar-refractivity contribution in [1.82, 2.24) is 5.32 Å². The maximum atomic E-state index is 8.95. The predicted octanol–water partition coefficient (Wildman–Crippen LogP) is 2.81. The van der Waals surface area contributed by atoms with E-state index in [2.05, 4.69) is 26.1 Å². The quantitative estimate of drug-likeness (QED) is 0.774. The van der Waals surface area contributed by atoms with Crippen molar-refractivity contribution in [3.63, 3.8) is 0 Å². The minimum atomic E-state index is 0.247. The molecule has 1 aliphatic rings. The van der Waals surface area contributed by atoms with Gasteiger partial charge in [0.15, 0.2) is 0 Å². The molecule has 0 bridgehead atoms. The van der Waals surface area contributed by atoms with Gasteiger partial charge in [-0.2, -0.15) is 0 Å². The monoisotopic (exact) mass is 227 g/mol. The van der Waals surface area contributed by atoms with Crippen molar-refractivity contribution < 1.29 is 5.11 Å². The molecule has 1 saturated carbocycles. The van der Waals surface area contributed by atoms with Gasteiger partial charge in [-0.3, -0.25) is 0 Å². The molecule has 2 heteroatoms. The molecule has 0 amide bonds. The molecule has 1 rings (SSSR count). The largest absolute Gasteiger partial charge is 0.395 e. The first-order valence-corrected chi connectivity index (χ1v) is 6.77. The van der Waals surface area contributed by atoms with Crippen LogP contribution in [0.15, 0.2) is 0 Å². The molecule has 0 spiro atoms. The molecule has 0 radical (unpaired) electrons. The zero-order valence-corrected chi connectivity index (χ0v) is 11.4. The highest BCUT2D eigenvalue weighted by Crippen LogP contribution is 2.39. The molecule has 2 N–H and O–H groups in total. The first kappa shape index (κ1) is 14.0. The highest BCUT2D eigenvalue weighted by atomic mass is 16.3. The van der Waals surface area contributed by atoms with E-state index in [0.717, 1.165) is 18.4 Å². The van der Waals surface area contributed by atoms with Crippen LogP contribution < -0.4 is 5.32 Å². The molecular formula is C14H29NO. The summed E-state index contributed by atoms with van der Waals surface area (Å²) in [4.78, 5) is 0. The molecule has 0 aromatic heterocycles. The Labute approximate surface area is 101 Å². The number of hydrogen-bond donors (Lipinski definition) is 2. The fraction of sp³-hybridized carbons (Fsp3) is 1.00. The molecule has 0 heterocycles. The summed E-state index contributed by atoms with van der Waals surface area (Å²) in [5, 5.41) is 12.4. The van der Waals surface area contributed by atoms with Crippen LogP contribution in [0.5, 0.6) is 0 Å². The molecule has 0 aromatic rings. The third-order valence-electron chi connectivity index (χ3n) is 4.10. The van der Waals surface area contributed by atoms with E-state index < -0.39 is 0 Å². The van der Waals surface area contributed by atoms with Crippen LogP contribution in [-0.4, -0.2) is 24.3 Å². The lowest BCUT2D eigenvalue weighted by Gasteiger charge is -2.37. The first-order valence-electron chi connectivity index (χ1n) is 6.77. The van der Waals surface area contributed by atoms with E-state index in [4.69, 9.17) is 5.11 Å². The van der Waals surface area contributed by atoms with E-state index in [1.807, 2.05) is 6.92 Å². The number of aliphatic hydroxyl groups excluding tert-OH is 1. The second kappa shape index (κ2) is 6.02. The molecule has 1 fully saturated rings. The van der Waals surface area contributed by atoms with Crippen molar-refractivity contribution in [2.75, 3.05) is 13.2 Å². The Kier molecular flexibility index (Phi) is 5.26. The minimum absolute atomic E-state index is 0.247. The van der Waals surface area contributed by atoms with Crippen molar-refractivity contribution in [2.24, 2.45) is 17.3 Å². The molecule has 0 aliphatic heterocycles. The summed E-state index contributed by atoms with van der Waals surface area (Å²) in [7, 11) is 0. The standard InChI is InChI=1S/C14H29NO/c1-11(10-16)15-9-12-5-7-13(8-6-12)14(2,3)4/h11-13,15-16H,5-10H2,1-4H3/t11-,12?,13?/m0/s1. The van der Waals surface area contributed by atoms with Gasteiger partial charge in [-0.25, -0.2) is 0 Å². The maximum absolute atomic E-state index is 8.95. The lowest BCUT2D eigenvalue weighted by molar-refractivity contribution is 0.145. The van der Waals surface area contributed by atoms with Crippen LogP contribution >= 0.6 is 0 Å². The topological polar surface area (TPSA) is 32.3 Å². The van der Waals surface area contributed by atoms with E-state index in [0.29, 0.717) is 5.41 Å². The molecule has 96 valence electrons. The Morgan fingerprint density at radius 3 is 2.19 bits per heavy atom. The average Bonchev–Trinajstić information content (AvgIpc) is 2.25. The average molecular weight is 227 g/mol. The molecule has 1 atom stereocenters. The number of rotatable bonds is 4. The van der Waals surface area contributed by atoms with Gasteiger partial charge < -0.3 is 10.4 Å². The summed E-state index contributed by atoms with van der Waals surface area (Å²) < 4.78 is 0. The van der Waals surface area contributed by atoms with Gasteiger partial charge in [0, 0.05) is 6.04 Å². The summed E-state index contributed by atoms with van der Waals surface area (Å²) in [6.07, 6.45) is 5.47. The highest BCUT2D eigenvalue weighted by molar-refractivity contribution is 4.81. The van der Waals surface area contributed by atoms with Crippen LogP contribution in [0.2, 0.25) is 0 Å². The highest BCUT2D eigenvalue weighted by Gasteiger charge is 2.29. The number of nitrogens with one attached hydrogen (secondary N) is 1. The molecule has 2 nitrogen and oxygen atoms in total. The van der Waals surface area contributed by atoms with E-state index in [-0.39, 0.29) is 12.6 Å². The lowest BCUT2D eigenvalue weighted by Crippen LogP contribution is -2.36. The van der Waals surface area contributed by atoms with Gasteiger partial charge in [0.25, 0.3) is 0 Å². The van der Waals surface area contributed by atoms with Crippen molar-refractivity contribution in [1.29, 1.82) is 0 Å². The van der Waals surface area contributed by atoms with Crippen molar-refractivity contribution in [3.8, 4) is 0 Å².